The molecule has 0 amide bonds. The van der Waals surface area contributed by atoms with Crippen LogP contribution >= 0.6 is 0 Å². The van der Waals surface area contributed by atoms with E-state index in [9.17, 15) is 0 Å². The van der Waals surface area contributed by atoms with E-state index in [1.807, 2.05) is 6.07 Å². The Hall–Kier alpha value is -0.822. The molecule has 0 atom stereocenters. The first-order valence-electron chi connectivity index (χ1n) is 2.75. The summed E-state index contributed by atoms with van der Waals surface area (Å²) >= 11 is 2.29. The van der Waals surface area contributed by atoms with Crippen molar-refractivity contribution in [3.05, 3.63) is 18.5 Å². The minimum absolute atomic E-state index is 0.710. The number of fused-ring (bicyclic) bond motifs is 1. The second-order valence-corrected chi connectivity index (χ2v) is 2.68. The monoisotopic (exact) mass is 194 g/mol. The molecule has 0 bridgehead atoms. The Labute approximate surface area is 66.0 Å². The third kappa shape index (κ3) is 0.829. The Morgan fingerprint density at radius 2 is 2.40 bits per heavy atom. The third-order valence-electron chi connectivity index (χ3n) is 1.19. The zero-order chi connectivity index (χ0) is 6.97. The molecule has 0 spiro atoms. The van der Waals surface area contributed by atoms with Gasteiger partial charge in [0.1, 0.15) is 0 Å². The molecule has 0 saturated carbocycles. The van der Waals surface area contributed by atoms with E-state index < -0.39 is 0 Å². The Kier molecular flexibility index (Phi) is 1.24. The van der Waals surface area contributed by atoms with Crippen molar-refractivity contribution in [3.8, 4) is 0 Å². The molecule has 0 fully saturated rings. The summed E-state index contributed by atoms with van der Waals surface area (Å²) in [4.78, 5) is 8.05. The molecule has 0 aliphatic heterocycles. The normalized spacial score (nSPS) is 10.5. The fourth-order valence-corrected chi connectivity index (χ4v) is 1.10. The number of hydrogen-bond donors (Lipinski definition) is 0. The molecule has 2 aromatic rings. The van der Waals surface area contributed by atoms with Crippen LogP contribution in [0.15, 0.2) is 22.9 Å². The maximum absolute atomic E-state index is 5.04. The van der Waals surface area contributed by atoms with Crippen LogP contribution in [0.2, 0.25) is 0 Å². The molecule has 2 radical (unpaired) electrons. The van der Waals surface area contributed by atoms with E-state index in [2.05, 4.69) is 26.8 Å². The van der Waals surface area contributed by atoms with Crippen molar-refractivity contribution in [1.29, 1.82) is 0 Å². The van der Waals surface area contributed by atoms with Crippen molar-refractivity contribution in [1.82, 2.24) is 9.97 Å². The molecule has 2 aromatic heterocycles. The van der Waals surface area contributed by atoms with E-state index in [1.54, 1.807) is 12.5 Å². The van der Waals surface area contributed by atoms with Gasteiger partial charge in [0.2, 0.25) is 0 Å². The predicted octanol–water partition coefficient (Wildman–Crippen LogP) is 0.0166. The Morgan fingerprint density at radius 3 is 3.30 bits per heavy atom. The summed E-state index contributed by atoms with van der Waals surface area (Å²) < 4.78 is 5.75. The minimum atomic E-state index is 0.710. The van der Waals surface area contributed by atoms with E-state index in [0.29, 0.717) is 4.61 Å². The molecule has 4 heteroatoms. The van der Waals surface area contributed by atoms with Gasteiger partial charge in [0, 0.05) is 0 Å². The fraction of sp³-hybridized carbons (Fsp3) is 0. The van der Waals surface area contributed by atoms with Crippen molar-refractivity contribution in [2.45, 2.75) is 0 Å². The van der Waals surface area contributed by atoms with Crippen LogP contribution in [-0.4, -0.2) is 26.8 Å². The van der Waals surface area contributed by atoms with E-state index in [1.165, 1.54) is 0 Å². The average molecular weight is 194 g/mol. The van der Waals surface area contributed by atoms with Gasteiger partial charge >= 0.3 is 65.5 Å². The first-order valence-corrected chi connectivity index (χ1v) is 3.69. The molecule has 0 saturated heterocycles. The van der Waals surface area contributed by atoms with Crippen molar-refractivity contribution in [3.63, 3.8) is 0 Å². The predicted molar refractivity (Wildman–Crippen MR) is 37.2 cm³/mol. The molecule has 2 heterocycles. The number of rotatable bonds is 0. The van der Waals surface area contributed by atoms with Crippen LogP contribution in [0.3, 0.4) is 0 Å². The van der Waals surface area contributed by atoms with E-state index >= 15 is 0 Å². The number of hydrogen-bond acceptors (Lipinski definition) is 3. The van der Waals surface area contributed by atoms with Gasteiger partial charge in [-0.2, -0.15) is 0 Å². The van der Waals surface area contributed by atoms with Gasteiger partial charge in [-0.1, -0.05) is 0 Å². The van der Waals surface area contributed by atoms with Crippen molar-refractivity contribution < 1.29 is 4.42 Å². The first-order chi connectivity index (χ1) is 4.86. The standard InChI is InChI=1S/C6H3AsN2O/c7-6-8-3-5-4(9-6)1-2-10-5/h1-3H. The van der Waals surface area contributed by atoms with Gasteiger partial charge in [0.05, 0.1) is 0 Å². The van der Waals surface area contributed by atoms with Crippen molar-refractivity contribution in [2.75, 3.05) is 0 Å². The SMILES string of the molecule is [As]c1ncc2occc2n1. The van der Waals surface area contributed by atoms with Crippen molar-refractivity contribution in [2.24, 2.45) is 0 Å². The third-order valence-corrected chi connectivity index (χ3v) is 1.64. The average Bonchev–Trinajstić information content (AvgIpc) is 2.33. The van der Waals surface area contributed by atoms with Gasteiger partial charge in [0.15, 0.2) is 0 Å². The Bertz CT molecular complexity index is 357. The van der Waals surface area contributed by atoms with Gasteiger partial charge in [-0.3, -0.25) is 0 Å². The molecule has 0 aromatic carbocycles. The number of aromatic nitrogens is 2. The number of nitrogens with zero attached hydrogens (tertiary/aromatic N) is 2. The van der Waals surface area contributed by atoms with Crippen LogP contribution in [0.25, 0.3) is 11.1 Å². The van der Waals surface area contributed by atoms with Gasteiger partial charge in [-0.15, -0.1) is 0 Å². The summed E-state index contributed by atoms with van der Waals surface area (Å²) in [5, 5.41) is 0. The molecule has 3 nitrogen and oxygen atoms in total. The van der Waals surface area contributed by atoms with Crippen LogP contribution in [0.4, 0.5) is 0 Å². The van der Waals surface area contributed by atoms with Crippen molar-refractivity contribution >= 4 is 32.6 Å². The second kappa shape index (κ2) is 2.10. The van der Waals surface area contributed by atoms with Crippen LogP contribution in [0, 0.1) is 0 Å². The molecular formula is C6H3AsN2O. The molecule has 2 rings (SSSR count). The first kappa shape index (κ1) is 5.93. The summed E-state index contributed by atoms with van der Waals surface area (Å²) in [5.74, 6) is 0. The second-order valence-electron chi connectivity index (χ2n) is 1.84. The molecule has 48 valence electrons. The quantitative estimate of drug-likeness (QED) is 0.555. The number of furan rings is 1. The van der Waals surface area contributed by atoms with Gasteiger partial charge in [0.25, 0.3) is 0 Å². The summed E-state index contributed by atoms with van der Waals surface area (Å²) in [7, 11) is 0. The topological polar surface area (TPSA) is 38.9 Å². The van der Waals surface area contributed by atoms with E-state index in [0.717, 1.165) is 11.1 Å². The summed E-state index contributed by atoms with van der Waals surface area (Å²) in [6, 6.07) is 1.81. The van der Waals surface area contributed by atoms with Crippen LogP contribution < -0.4 is 4.61 Å². The molecule has 0 N–H and O–H groups in total. The summed E-state index contributed by atoms with van der Waals surface area (Å²) in [5.41, 5.74) is 1.58. The van der Waals surface area contributed by atoms with E-state index in [4.69, 9.17) is 4.42 Å². The maximum atomic E-state index is 5.04. The summed E-state index contributed by atoms with van der Waals surface area (Å²) in [6.45, 7) is 0. The molecule has 0 unspecified atom stereocenters. The molecule has 0 aliphatic rings. The fourth-order valence-electron chi connectivity index (χ4n) is 0.756. The van der Waals surface area contributed by atoms with Gasteiger partial charge < -0.3 is 0 Å². The zero-order valence-electron chi connectivity index (χ0n) is 4.98. The Morgan fingerprint density at radius 1 is 1.50 bits per heavy atom. The summed E-state index contributed by atoms with van der Waals surface area (Å²) in [6.07, 6.45) is 3.27. The van der Waals surface area contributed by atoms with Gasteiger partial charge in [-0.05, 0) is 0 Å². The Balaban J connectivity index is 2.86. The van der Waals surface area contributed by atoms with Crippen LogP contribution in [0.5, 0.6) is 0 Å². The van der Waals surface area contributed by atoms with Crippen LogP contribution in [0.1, 0.15) is 0 Å². The van der Waals surface area contributed by atoms with E-state index in [-0.39, 0.29) is 0 Å². The molecule has 0 aliphatic carbocycles. The molecule has 10 heavy (non-hydrogen) atoms. The van der Waals surface area contributed by atoms with Crippen LogP contribution in [-0.2, 0) is 0 Å². The van der Waals surface area contributed by atoms with Gasteiger partial charge in [-0.25, -0.2) is 0 Å². The molecular weight excluding hydrogens is 191 g/mol. The zero-order valence-corrected chi connectivity index (χ0v) is 6.86.